The second-order valence-corrected chi connectivity index (χ2v) is 6.04. The molecule has 26 heavy (non-hydrogen) atoms. The first kappa shape index (κ1) is 17.2. The van der Waals surface area contributed by atoms with Crippen molar-refractivity contribution in [2.45, 2.75) is 12.8 Å². The van der Waals surface area contributed by atoms with Crippen molar-refractivity contribution in [2.75, 3.05) is 12.3 Å². The number of nitrogens with one attached hydrogen (secondary N) is 1. The van der Waals surface area contributed by atoms with Crippen molar-refractivity contribution in [3.05, 3.63) is 77.5 Å². The molecule has 6 heteroatoms. The van der Waals surface area contributed by atoms with Gasteiger partial charge in [0.15, 0.2) is 0 Å². The minimum absolute atomic E-state index is 0.134. The number of carbonyl (C=O) groups excluding carboxylic acids is 1. The van der Waals surface area contributed by atoms with Crippen LogP contribution in [0.25, 0.3) is 5.69 Å². The highest BCUT2D eigenvalue weighted by atomic mass is 16.1. The summed E-state index contributed by atoms with van der Waals surface area (Å²) in [6, 6.07) is 19.0. The van der Waals surface area contributed by atoms with Gasteiger partial charge in [-0.15, -0.1) is 0 Å². The number of amides is 1. The predicted molar refractivity (Wildman–Crippen MR) is 99.9 cm³/mol. The van der Waals surface area contributed by atoms with E-state index < -0.39 is 0 Å². The highest BCUT2D eigenvalue weighted by Gasteiger charge is 2.11. The molecule has 2 aromatic carbocycles. The summed E-state index contributed by atoms with van der Waals surface area (Å²) in [5.74, 6) is 0.375. The van der Waals surface area contributed by atoms with Crippen LogP contribution in [0.4, 0.5) is 5.82 Å². The molecule has 0 spiro atoms. The minimum atomic E-state index is -0.134. The molecule has 0 fully saturated rings. The average Bonchev–Trinajstić information content (AvgIpc) is 3.07. The number of nitrogens with two attached hydrogens (primary N) is 1. The molecule has 0 aliphatic heterocycles. The fraction of sp³-hybridized carbons (Fsp3) is 0.150. The SMILES string of the molecule is C[C@H](CNC(=O)c1ccc(-n2ncc(C#N)c2N)cc1)c1ccccc1. The topological polar surface area (TPSA) is 96.7 Å². The molecule has 0 saturated carbocycles. The van der Waals surface area contributed by atoms with E-state index in [1.165, 1.54) is 16.4 Å². The number of anilines is 1. The lowest BCUT2D eigenvalue weighted by Crippen LogP contribution is -2.27. The molecular weight excluding hydrogens is 326 g/mol. The molecular formula is C20H19N5O. The second-order valence-electron chi connectivity index (χ2n) is 6.04. The molecule has 0 aliphatic rings. The summed E-state index contributed by atoms with van der Waals surface area (Å²) in [5, 5.41) is 16.0. The summed E-state index contributed by atoms with van der Waals surface area (Å²) < 4.78 is 1.47. The standard InChI is InChI=1S/C20H19N5O/c1-14(15-5-3-2-4-6-15)12-23-20(26)16-7-9-18(10-8-16)25-19(22)17(11-21)13-24-25/h2-10,13-14H,12,22H2,1H3,(H,23,26)/t14-/m1/s1. The van der Waals surface area contributed by atoms with E-state index in [4.69, 9.17) is 11.0 Å². The summed E-state index contributed by atoms with van der Waals surface area (Å²) in [5.41, 5.74) is 8.63. The Labute approximate surface area is 151 Å². The molecule has 0 unspecified atom stereocenters. The Balaban J connectivity index is 1.65. The number of rotatable bonds is 5. The fourth-order valence-corrected chi connectivity index (χ4v) is 2.65. The van der Waals surface area contributed by atoms with E-state index in [0.717, 1.165) is 0 Å². The number of hydrogen-bond donors (Lipinski definition) is 2. The van der Waals surface area contributed by atoms with Gasteiger partial charge in [0.25, 0.3) is 5.91 Å². The zero-order valence-corrected chi connectivity index (χ0v) is 14.4. The van der Waals surface area contributed by atoms with Gasteiger partial charge < -0.3 is 11.1 Å². The van der Waals surface area contributed by atoms with Gasteiger partial charge in [-0.25, -0.2) is 4.68 Å². The molecule has 0 aliphatic carbocycles. The molecule has 0 bridgehead atoms. The third kappa shape index (κ3) is 3.57. The van der Waals surface area contributed by atoms with Gasteiger partial charge in [-0.1, -0.05) is 37.3 Å². The van der Waals surface area contributed by atoms with E-state index in [1.54, 1.807) is 24.3 Å². The summed E-state index contributed by atoms with van der Waals surface area (Å²) in [7, 11) is 0. The van der Waals surface area contributed by atoms with Crippen molar-refractivity contribution < 1.29 is 4.79 Å². The van der Waals surface area contributed by atoms with Crippen LogP contribution in [0.15, 0.2) is 60.8 Å². The van der Waals surface area contributed by atoms with Gasteiger partial charge in [0.05, 0.1) is 11.9 Å². The first-order valence-electron chi connectivity index (χ1n) is 8.27. The van der Waals surface area contributed by atoms with Crippen molar-refractivity contribution in [3.8, 4) is 11.8 Å². The quantitative estimate of drug-likeness (QED) is 0.743. The molecule has 1 aromatic heterocycles. The number of nitriles is 1. The van der Waals surface area contributed by atoms with Crippen LogP contribution in [0.5, 0.6) is 0 Å². The van der Waals surface area contributed by atoms with Crippen LogP contribution in [-0.4, -0.2) is 22.2 Å². The molecule has 0 radical (unpaired) electrons. The summed E-state index contributed by atoms with van der Waals surface area (Å²) >= 11 is 0. The van der Waals surface area contributed by atoms with Crippen LogP contribution >= 0.6 is 0 Å². The number of aromatic nitrogens is 2. The molecule has 1 atom stereocenters. The smallest absolute Gasteiger partial charge is 0.251 e. The molecule has 3 N–H and O–H groups in total. The Morgan fingerprint density at radius 3 is 2.54 bits per heavy atom. The van der Waals surface area contributed by atoms with Gasteiger partial charge >= 0.3 is 0 Å². The van der Waals surface area contributed by atoms with Gasteiger partial charge in [0.2, 0.25) is 0 Å². The first-order valence-corrected chi connectivity index (χ1v) is 8.27. The summed E-state index contributed by atoms with van der Waals surface area (Å²) in [4.78, 5) is 12.3. The Bertz CT molecular complexity index is 939. The minimum Gasteiger partial charge on any atom is -0.382 e. The Morgan fingerprint density at radius 2 is 1.92 bits per heavy atom. The van der Waals surface area contributed by atoms with Gasteiger partial charge in [-0.05, 0) is 35.7 Å². The fourth-order valence-electron chi connectivity index (χ4n) is 2.65. The van der Waals surface area contributed by atoms with E-state index in [0.29, 0.717) is 23.4 Å². The van der Waals surface area contributed by atoms with Crippen LogP contribution in [-0.2, 0) is 0 Å². The van der Waals surface area contributed by atoms with Crippen LogP contribution < -0.4 is 11.1 Å². The van der Waals surface area contributed by atoms with Crippen molar-refractivity contribution in [2.24, 2.45) is 0 Å². The van der Waals surface area contributed by atoms with Crippen molar-refractivity contribution in [1.29, 1.82) is 5.26 Å². The van der Waals surface area contributed by atoms with E-state index in [-0.39, 0.29) is 17.6 Å². The summed E-state index contributed by atoms with van der Waals surface area (Å²) in [6.07, 6.45) is 1.42. The van der Waals surface area contributed by atoms with Gasteiger partial charge in [0.1, 0.15) is 17.5 Å². The second kappa shape index (κ2) is 7.53. The number of nitrogens with zero attached hydrogens (tertiary/aromatic N) is 3. The molecule has 3 aromatic rings. The predicted octanol–water partition coefficient (Wildman–Crippen LogP) is 2.86. The summed E-state index contributed by atoms with van der Waals surface area (Å²) in [6.45, 7) is 2.63. The van der Waals surface area contributed by atoms with Crippen LogP contribution in [0.3, 0.4) is 0 Å². The molecule has 1 heterocycles. The van der Waals surface area contributed by atoms with E-state index in [2.05, 4.69) is 29.5 Å². The number of nitrogen functional groups attached to an aromatic ring is 1. The molecule has 1 amide bonds. The number of hydrogen-bond acceptors (Lipinski definition) is 4. The van der Waals surface area contributed by atoms with Crippen LogP contribution in [0.2, 0.25) is 0 Å². The van der Waals surface area contributed by atoms with Crippen molar-refractivity contribution in [3.63, 3.8) is 0 Å². The zero-order chi connectivity index (χ0) is 18.5. The normalized spacial score (nSPS) is 11.5. The molecule has 6 nitrogen and oxygen atoms in total. The monoisotopic (exact) mass is 345 g/mol. The molecule has 0 saturated heterocycles. The maximum atomic E-state index is 12.3. The van der Waals surface area contributed by atoms with Gasteiger partial charge in [-0.2, -0.15) is 10.4 Å². The van der Waals surface area contributed by atoms with E-state index in [1.807, 2.05) is 24.3 Å². The van der Waals surface area contributed by atoms with Gasteiger partial charge in [-0.3, -0.25) is 4.79 Å². The van der Waals surface area contributed by atoms with Crippen LogP contribution in [0.1, 0.15) is 34.3 Å². The van der Waals surface area contributed by atoms with Crippen molar-refractivity contribution >= 4 is 11.7 Å². The average molecular weight is 345 g/mol. The lowest BCUT2D eigenvalue weighted by atomic mass is 10.0. The highest BCUT2D eigenvalue weighted by Crippen LogP contribution is 2.17. The molecule has 130 valence electrons. The largest absolute Gasteiger partial charge is 0.382 e. The Kier molecular flexibility index (Phi) is 4.99. The number of benzene rings is 2. The molecule has 3 rings (SSSR count). The number of carbonyl (C=O) groups is 1. The third-order valence-electron chi connectivity index (χ3n) is 4.24. The zero-order valence-electron chi connectivity index (χ0n) is 14.4. The van der Waals surface area contributed by atoms with Crippen molar-refractivity contribution in [1.82, 2.24) is 15.1 Å². The third-order valence-corrected chi connectivity index (χ3v) is 4.24. The maximum Gasteiger partial charge on any atom is 0.251 e. The van der Waals surface area contributed by atoms with Crippen LogP contribution in [0, 0.1) is 11.3 Å². The highest BCUT2D eigenvalue weighted by molar-refractivity contribution is 5.94. The maximum absolute atomic E-state index is 12.3. The lowest BCUT2D eigenvalue weighted by Gasteiger charge is -2.13. The van der Waals surface area contributed by atoms with E-state index in [9.17, 15) is 4.79 Å². The van der Waals surface area contributed by atoms with E-state index >= 15 is 0 Å². The Hall–Kier alpha value is -3.59. The lowest BCUT2D eigenvalue weighted by molar-refractivity contribution is 0.0951. The Morgan fingerprint density at radius 1 is 1.23 bits per heavy atom. The first-order chi connectivity index (χ1) is 12.6. The van der Waals surface area contributed by atoms with Gasteiger partial charge in [0, 0.05) is 12.1 Å².